The third-order valence-corrected chi connectivity index (χ3v) is 6.71. The molecule has 0 amide bonds. The van der Waals surface area contributed by atoms with Crippen LogP contribution in [-0.2, 0) is 28.0 Å². The zero-order valence-corrected chi connectivity index (χ0v) is 17.0. The predicted molar refractivity (Wildman–Crippen MR) is 107 cm³/mol. The minimum atomic E-state index is -3.17. The summed E-state index contributed by atoms with van der Waals surface area (Å²) >= 11 is 5.05. The van der Waals surface area contributed by atoms with Crippen molar-refractivity contribution < 1.29 is 8.42 Å². The maximum atomic E-state index is 11.6. The Labute approximate surface area is 160 Å². The Kier molecular flexibility index (Phi) is 5.71. The standard InChI is InChI=1S/C19H18BrNO2S2/c1-25(22,23)17-9-7-16(8-10-17)19-18(21-13-24-19)11-6-14-2-4-15(12-20)5-3-14/h2-5,7-10,13H,6,11-12H2,1H3. The molecule has 3 nitrogen and oxygen atoms in total. The third kappa shape index (κ3) is 4.57. The molecule has 0 atom stereocenters. The Morgan fingerprint density at radius 2 is 1.60 bits per heavy atom. The molecule has 3 aromatic rings. The highest BCUT2D eigenvalue weighted by molar-refractivity contribution is 9.08. The average Bonchev–Trinajstić information content (AvgIpc) is 3.08. The van der Waals surface area contributed by atoms with Crippen LogP contribution >= 0.6 is 27.3 Å². The van der Waals surface area contributed by atoms with E-state index in [4.69, 9.17) is 0 Å². The van der Waals surface area contributed by atoms with Gasteiger partial charge in [-0.1, -0.05) is 52.3 Å². The summed E-state index contributed by atoms with van der Waals surface area (Å²) in [6.07, 6.45) is 3.02. The van der Waals surface area contributed by atoms with E-state index in [1.54, 1.807) is 23.5 Å². The minimum Gasteiger partial charge on any atom is -0.249 e. The Morgan fingerprint density at radius 3 is 2.20 bits per heavy atom. The molecular weight excluding hydrogens is 418 g/mol. The maximum absolute atomic E-state index is 11.6. The third-order valence-electron chi connectivity index (χ3n) is 4.01. The highest BCUT2D eigenvalue weighted by Crippen LogP contribution is 2.29. The maximum Gasteiger partial charge on any atom is 0.175 e. The molecule has 0 aliphatic carbocycles. The van der Waals surface area contributed by atoms with Gasteiger partial charge in [0.15, 0.2) is 9.84 Å². The van der Waals surface area contributed by atoms with Crippen molar-refractivity contribution in [2.45, 2.75) is 23.1 Å². The molecule has 1 heterocycles. The molecule has 0 aliphatic rings. The van der Waals surface area contributed by atoms with E-state index in [1.807, 2.05) is 17.6 Å². The Morgan fingerprint density at radius 1 is 0.960 bits per heavy atom. The van der Waals surface area contributed by atoms with Gasteiger partial charge in [-0.2, -0.15) is 0 Å². The topological polar surface area (TPSA) is 47.0 Å². The van der Waals surface area contributed by atoms with Crippen LogP contribution in [0.1, 0.15) is 16.8 Å². The van der Waals surface area contributed by atoms with Crippen LogP contribution in [0.2, 0.25) is 0 Å². The van der Waals surface area contributed by atoms with Gasteiger partial charge < -0.3 is 0 Å². The SMILES string of the molecule is CS(=O)(=O)c1ccc(-c2scnc2CCc2ccc(CBr)cc2)cc1. The van der Waals surface area contributed by atoms with Gasteiger partial charge in [-0.3, -0.25) is 0 Å². The highest BCUT2D eigenvalue weighted by Gasteiger charge is 2.11. The van der Waals surface area contributed by atoms with Crippen LogP contribution in [0.25, 0.3) is 10.4 Å². The fourth-order valence-electron chi connectivity index (χ4n) is 2.59. The zero-order valence-electron chi connectivity index (χ0n) is 13.8. The molecule has 1 aromatic heterocycles. The monoisotopic (exact) mass is 435 g/mol. The van der Waals surface area contributed by atoms with Crippen LogP contribution < -0.4 is 0 Å². The summed E-state index contributed by atoms with van der Waals surface area (Å²) in [4.78, 5) is 5.96. The number of hydrogen-bond donors (Lipinski definition) is 0. The van der Waals surface area contributed by atoms with Crippen molar-refractivity contribution in [3.05, 3.63) is 70.9 Å². The summed E-state index contributed by atoms with van der Waals surface area (Å²) in [5.74, 6) is 0. The van der Waals surface area contributed by atoms with Crippen molar-refractivity contribution in [2.24, 2.45) is 0 Å². The van der Waals surface area contributed by atoms with E-state index < -0.39 is 9.84 Å². The van der Waals surface area contributed by atoms with Crippen LogP contribution in [0.15, 0.2) is 58.9 Å². The number of hydrogen-bond acceptors (Lipinski definition) is 4. The summed E-state index contributed by atoms with van der Waals surface area (Å²) in [7, 11) is -3.17. The lowest BCUT2D eigenvalue weighted by Crippen LogP contribution is -1.97. The van der Waals surface area contributed by atoms with Crippen molar-refractivity contribution in [1.29, 1.82) is 0 Å². The first kappa shape index (κ1) is 18.3. The number of halogens is 1. The van der Waals surface area contributed by atoms with Gasteiger partial charge in [0.25, 0.3) is 0 Å². The summed E-state index contributed by atoms with van der Waals surface area (Å²) in [6.45, 7) is 0. The van der Waals surface area contributed by atoms with E-state index in [1.165, 1.54) is 17.4 Å². The Hall–Kier alpha value is -1.50. The second-order valence-corrected chi connectivity index (χ2v) is 9.31. The van der Waals surface area contributed by atoms with Crippen molar-refractivity contribution in [3.63, 3.8) is 0 Å². The predicted octanol–water partition coefficient (Wildman–Crippen LogP) is 4.89. The number of nitrogens with zero attached hydrogens (tertiary/aromatic N) is 1. The smallest absolute Gasteiger partial charge is 0.175 e. The first-order valence-corrected chi connectivity index (χ1v) is 11.7. The summed E-state index contributed by atoms with van der Waals surface area (Å²) < 4.78 is 23.2. The molecule has 0 N–H and O–H groups in total. The molecular formula is C19H18BrNO2S2. The van der Waals surface area contributed by atoms with E-state index >= 15 is 0 Å². The molecule has 0 bridgehead atoms. The number of thiazole rings is 1. The van der Waals surface area contributed by atoms with E-state index in [2.05, 4.69) is 45.2 Å². The number of alkyl halides is 1. The number of sulfone groups is 1. The lowest BCUT2D eigenvalue weighted by Gasteiger charge is -2.05. The van der Waals surface area contributed by atoms with E-state index in [0.29, 0.717) is 4.90 Å². The molecule has 0 saturated heterocycles. The number of benzene rings is 2. The zero-order chi connectivity index (χ0) is 17.9. The molecule has 2 aromatic carbocycles. The molecule has 0 saturated carbocycles. The molecule has 0 unspecified atom stereocenters. The second kappa shape index (κ2) is 7.81. The van der Waals surface area contributed by atoms with Crippen LogP contribution in [0.3, 0.4) is 0 Å². The van der Waals surface area contributed by atoms with Gasteiger partial charge in [0.2, 0.25) is 0 Å². The highest BCUT2D eigenvalue weighted by atomic mass is 79.9. The average molecular weight is 436 g/mol. The van der Waals surface area contributed by atoms with Crippen LogP contribution in [0.5, 0.6) is 0 Å². The summed E-state index contributed by atoms with van der Waals surface area (Å²) in [5, 5.41) is 0.868. The second-order valence-electron chi connectivity index (χ2n) is 5.87. The summed E-state index contributed by atoms with van der Waals surface area (Å²) in [6, 6.07) is 15.6. The van der Waals surface area contributed by atoms with Crippen molar-refractivity contribution in [1.82, 2.24) is 4.98 Å². The van der Waals surface area contributed by atoms with Crippen molar-refractivity contribution >= 4 is 37.1 Å². The van der Waals surface area contributed by atoms with Gasteiger partial charge in [-0.25, -0.2) is 13.4 Å². The van der Waals surface area contributed by atoms with Gasteiger partial charge in [0, 0.05) is 11.6 Å². The first-order valence-electron chi connectivity index (χ1n) is 7.84. The van der Waals surface area contributed by atoms with Crippen molar-refractivity contribution in [2.75, 3.05) is 6.26 Å². The quantitative estimate of drug-likeness (QED) is 0.517. The van der Waals surface area contributed by atoms with Gasteiger partial charge >= 0.3 is 0 Å². The Bertz CT molecular complexity index is 946. The molecule has 6 heteroatoms. The minimum absolute atomic E-state index is 0.342. The fraction of sp³-hybridized carbons (Fsp3) is 0.211. The van der Waals surface area contributed by atoms with E-state index in [0.717, 1.165) is 34.3 Å². The number of rotatable bonds is 6. The molecule has 0 radical (unpaired) electrons. The number of aryl methyl sites for hydroxylation is 2. The van der Waals surface area contributed by atoms with E-state index in [9.17, 15) is 8.42 Å². The molecule has 130 valence electrons. The number of aromatic nitrogens is 1. The Balaban J connectivity index is 1.76. The molecule has 0 fully saturated rings. The lowest BCUT2D eigenvalue weighted by molar-refractivity contribution is 0.602. The van der Waals surface area contributed by atoms with Crippen LogP contribution in [-0.4, -0.2) is 19.7 Å². The first-order chi connectivity index (χ1) is 12.0. The molecule has 25 heavy (non-hydrogen) atoms. The van der Waals surface area contributed by atoms with Gasteiger partial charge in [-0.05, 0) is 41.7 Å². The summed E-state index contributed by atoms with van der Waals surface area (Å²) in [5.41, 5.74) is 6.48. The molecule has 0 spiro atoms. The van der Waals surface area contributed by atoms with Crippen LogP contribution in [0, 0.1) is 0 Å². The van der Waals surface area contributed by atoms with Gasteiger partial charge in [0.05, 0.1) is 21.0 Å². The normalized spacial score (nSPS) is 11.6. The van der Waals surface area contributed by atoms with Crippen LogP contribution in [0.4, 0.5) is 0 Å². The van der Waals surface area contributed by atoms with E-state index in [-0.39, 0.29) is 0 Å². The van der Waals surface area contributed by atoms with Crippen molar-refractivity contribution in [3.8, 4) is 10.4 Å². The van der Waals surface area contributed by atoms with Gasteiger partial charge in [-0.15, -0.1) is 11.3 Å². The fourth-order valence-corrected chi connectivity index (χ4v) is 4.45. The lowest BCUT2D eigenvalue weighted by atomic mass is 10.0. The van der Waals surface area contributed by atoms with Gasteiger partial charge in [0.1, 0.15) is 0 Å². The molecule has 3 rings (SSSR count). The largest absolute Gasteiger partial charge is 0.249 e. The molecule has 0 aliphatic heterocycles.